The lowest BCUT2D eigenvalue weighted by Gasteiger charge is -2.33. The van der Waals surface area contributed by atoms with Gasteiger partial charge in [-0.2, -0.15) is 0 Å². The number of rotatable bonds is 11. The van der Waals surface area contributed by atoms with E-state index >= 15 is 0 Å². The average molecular weight is 546 g/mol. The Labute approximate surface area is 236 Å². The number of carbonyl (C=O) groups is 2. The Bertz CT molecular complexity index is 1270. The van der Waals surface area contributed by atoms with E-state index in [0.717, 1.165) is 44.8 Å². The van der Waals surface area contributed by atoms with E-state index in [1.54, 1.807) is 0 Å². The van der Waals surface area contributed by atoms with E-state index in [1.807, 2.05) is 57.8 Å². The zero-order valence-electron chi connectivity index (χ0n) is 23.3. The Morgan fingerprint density at radius 2 is 1.93 bits per heavy atom. The van der Waals surface area contributed by atoms with Crippen LogP contribution in [0.3, 0.4) is 0 Å². The first kappa shape index (κ1) is 27.9. The van der Waals surface area contributed by atoms with Gasteiger partial charge in [0.2, 0.25) is 11.8 Å². The van der Waals surface area contributed by atoms with Crippen molar-refractivity contribution in [2.45, 2.75) is 45.4 Å². The molecule has 1 unspecified atom stereocenters. The maximum Gasteiger partial charge on any atom is 0.275 e. The minimum Gasteiger partial charge on any atom is -0.446 e. The van der Waals surface area contributed by atoms with Crippen molar-refractivity contribution in [3.63, 3.8) is 0 Å². The molecule has 2 aromatic heterocycles. The molecular formula is C31H39N5O4. The van der Waals surface area contributed by atoms with E-state index < -0.39 is 0 Å². The highest BCUT2D eigenvalue weighted by atomic mass is 16.5. The largest absolute Gasteiger partial charge is 0.446 e. The van der Waals surface area contributed by atoms with Crippen molar-refractivity contribution in [2.75, 3.05) is 45.9 Å². The van der Waals surface area contributed by atoms with Crippen molar-refractivity contribution >= 4 is 17.9 Å². The molecule has 2 aliphatic rings. The Balaban J connectivity index is 1.13. The summed E-state index contributed by atoms with van der Waals surface area (Å²) in [5.74, 6) is 0.482. The molecule has 40 heavy (non-hydrogen) atoms. The molecule has 9 nitrogen and oxygen atoms in total. The summed E-state index contributed by atoms with van der Waals surface area (Å²) in [6, 6.07) is 14.2. The number of hydrogen-bond donors (Lipinski definition) is 0. The monoisotopic (exact) mass is 545 g/mol. The fourth-order valence-electron chi connectivity index (χ4n) is 5.28. The topological polar surface area (TPSA) is 84.1 Å². The molecule has 212 valence electrons. The molecule has 2 aliphatic heterocycles. The van der Waals surface area contributed by atoms with Crippen molar-refractivity contribution in [1.82, 2.24) is 24.3 Å². The first-order chi connectivity index (χ1) is 19.6. The van der Waals surface area contributed by atoms with Crippen LogP contribution in [0.2, 0.25) is 0 Å². The summed E-state index contributed by atoms with van der Waals surface area (Å²) in [5.41, 5.74) is 2.52. The van der Waals surface area contributed by atoms with Crippen LogP contribution in [0, 0.1) is 0 Å². The van der Waals surface area contributed by atoms with Crippen molar-refractivity contribution in [3.8, 4) is 0 Å². The first-order valence-electron chi connectivity index (χ1n) is 14.3. The molecular weight excluding hydrogens is 506 g/mol. The number of benzene rings is 1. The van der Waals surface area contributed by atoms with Gasteiger partial charge >= 0.3 is 0 Å². The standard InChI is InChI=1S/C31H39N5O4/c1-2-30(37)36(22-27-13-8-20-39-27)21-26-12-7-15-35(26)23-29-32-28(24-40-29)31(38)34-18-16-33(17-19-34)14-6-11-25-9-4-3-5-10-25/h3-7,9-12,15,24,27H,2,8,13-14,16-23H2,1H3/b11-6+. The summed E-state index contributed by atoms with van der Waals surface area (Å²) in [6.07, 6.45) is 10.3. The van der Waals surface area contributed by atoms with E-state index in [2.05, 4.69) is 34.2 Å². The highest BCUT2D eigenvalue weighted by Crippen LogP contribution is 2.18. The van der Waals surface area contributed by atoms with Crippen LogP contribution in [0.15, 0.2) is 65.4 Å². The third kappa shape index (κ3) is 7.28. The molecule has 0 aliphatic carbocycles. The lowest BCUT2D eigenvalue weighted by atomic mass is 10.2. The Kier molecular flexibility index (Phi) is 9.46. The van der Waals surface area contributed by atoms with Crippen molar-refractivity contribution in [3.05, 3.63) is 83.8 Å². The molecule has 2 fully saturated rings. The third-order valence-electron chi connectivity index (χ3n) is 7.59. The van der Waals surface area contributed by atoms with Gasteiger partial charge in [0.15, 0.2) is 5.69 Å². The molecule has 4 heterocycles. The van der Waals surface area contributed by atoms with Crippen molar-refractivity contribution in [2.24, 2.45) is 0 Å². The molecule has 0 bridgehead atoms. The van der Waals surface area contributed by atoms with Gasteiger partial charge in [-0.25, -0.2) is 4.98 Å². The van der Waals surface area contributed by atoms with Gasteiger partial charge in [-0.05, 0) is 30.5 Å². The quantitative estimate of drug-likeness (QED) is 0.363. The highest BCUT2D eigenvalue weighted by Gasteiger charge is 2.25. The summed E-state index contributed by atoms with van der Waals surface area (Å²) in [6.45, 7) is 7.97. The zero-order chi connectivity index (χ0) is 27.7. The van der Waals surface area contributed by atoms with Gasteiger partial charge in [0, 0.05) is 64.2 Å². The van der Waals surface area contributed by atoms with Crippen LogP contribution in [-0.2, 0) is 22.6 Å². The first-order valence-corrected chi connectivity index (χ1v) is 14.3. The average Bonchev–Trinajstić information content (AvgIpc) is 3.77. The Hall–Kier alpha value is -3.69. The van der Waals surface area contributed by atoms with Crippen LogP contribution < -0.4 is 0 Å². The molecule has 1 aromatic carbocycles. The maximum absolute atomic E-state index is 13.1. The number of ether oxygens (including phenoxy) is 1. The van der Waals surface area contributed by atoms with Crippen LogP contribution in [0.5, 0.6) is 0 Å². The van der Waals surface area contributed by atoms with E-state index in [9.17, 15) is 9.59 Å². The van der Waals surface area contributed by atoms with Crippen molar-refractivity contribution in [1.29, 1.82) is 0 Å². The van der Waals surface area contributed by atoms with E-state index in [-0.39, 0.29) is 17.9 Å². The maximum atomic E-state index is 13.1. The number of piperazine rings is 1. The van der Waals surface area contributed by atoms with Crippen molar-refractivity contribution < 1.29 is 18.7 Å². The van der Waals surface area contributed by atoms with Crippen LogP contribution in [0.1, 0.15) is 53.8 Å². The number of nitrogens with zero attached hydrogens (tertiary/aromatic N) is 5. The van der Waals surface area contributed by atoms with E-state index in [1.165, 1.54) is 11.8 Å². The van der Waals surface area contributed by atoms with Crippen LogP contribution in [-0.4, -0.2) is 88.0 Å². The second-order valence-corrected chi connectivity index (χ2v) is 10.4. The van der Waals surface area contributed by atoms with Crippen LogP contribution in [0.25, 0.3) is 6.08 Å². The molecule has 0 radical (unpaired) electrons. The second kappa shape index (κ2) is 13.6. The summed E-state index contributed by atoms with van der Waals surface area (Å²) in [5, 5.41) is 0. The van der Waals surface area contributed by atoms with Gasteiger partial charge in [-0.3, -0.25) is 14.5 Å². The molecule has 0 spiro atoms. The van der Waals surface area contributed by atoms with Gasteiger partial charge in [-0.1, -0.05) is 49.4 Å². The number of oxazole rings is 1. The minimum atomic E-state index is -0.0986. The van der Waals surface area contributed by atoms with Gasteiger partial charge in [0.05, 0.1) is 19.2 Å². The normalized spacial score (nSPS) is 18.0. The second-order valence-electron chi connectivity index (χ2n) is 10.4. The lowest BCUT2D eigenvalue weighted by Crippen LogP contribution is -2.48. The SMILES string of the molecule is CCC(=O)N(Cc1cccn1Cc1nc(C(=O)N2CCN(C/C=C/c3ccccc3)CC2)co1)CC1CCCO1. The molecule has 2 amide bonds. The minimum absolute atomic E-state index is 0.0986. The van der Waals surface area contributed by atoms with Gasteiger partial charge in [-0.15, -0.1) is 0 Å². The predicted molar refractivity (Wildman–Crippen MR) is 153 cm³/mol. The summed E-state index contributed by atoms with van der Waals surface area (Å²) < 4.78 is 13.5. The summed E-state index contributed by atoms with van der Waals surface area (Å²) in [7, 11) is 0. The van der Waals surface area contributed by atoms with Crippen LogP contribution >= 0.6 is 0 Å². The third-order valence-corrected chi connectivity index (χ3v) is 7.59. The van der Waals surface area contributed by atoms with Gasteiger partial charge in [0.25, 0.3) is 5.91 Å². The zero-order valence-corrected chi connectivity index (χ0v) is 23.3. The van der Waals surface area contributed by atoms with E-state index in [4.69, 9.17) is 9.15 Å². The molecule has 0 saturated carbocycles. The number of amides is 2. The number of hydrogen-bond acceptors (Lipinski definition) is 6. The van der Waals surface area contributed by atoms with Crippen LogP contribution in [0.4, 0.5) is 0 Å². The Morgan fingerprint density at radius 3 is 2.67 bits per heavy atom. The van der Waals surface area contributed by atoms with Gasteiger partial charge in [0.1, 0.15) is 6.26 Å². The smallest absolute Gasteiger partial charge is 0.275 e. The highest BCUT2D eigenvalue weighted by molar-refractivity contribution is 5.92. The number of aromatic nitrogens is 2. The number of carbonyl (C=O) groups excluding carboxylic acids is 2. The lowest BCUT2D eigenvalue weighted by molar-refractivity contribution is -0.133. The summed E-state index contributed by atoms with van der Waals surface area (Å²) >= 11 is 0. The summed E-state index contributed by atoms with van der Waals surface area (Å²) in [4.78, 5) is 36.3. The molecule has 5 rings (SSSR count). The van der Waals surface area contributed by atoms with E-state index in [0.29, 0.717) is 50.7 Å². The molecule has 0 N–H and O–H groups in total. The molecule has 2 saturated heterocycles. The molecule has 3 aromatic rings. The van der Waals surface area contributed by atoms with Gasteiger partial charge < -0.3 is 23.5 Å². The molecule has 9 heteroatoms. The molecule has 1 atom stereocenters. The predicted octanol–water partition coefficient (Wildman–Crippen LogP) is 3.91. The Morgan fingerprint density at radius 1 is 1.10 bits per heavy atom. The fourth-order valence-corrected chi connectivity index (χ4v) is 5.28. The fraction of sp³-hybridized carbons (Fsp3) is 0.452.